The molecule has 1 aromatic rings. The van der Waals surface area contributed by atoms with E-state index in [9.17, 15) is 22.0 Å². The summed E-state index contributed by atoms with van der Waals surface area (Å²) in [5.74, 6) is -0.826. The average Bonchev–Trinajstić information content (AvgIpc) is 2.43. The standard InChI is InChI=1S/C14H20F2N2O4S/c1-9(2)7-12(17-3)13(19)18-23(20,21)11-6-4-5-10(8-11)22-14(15)16/h4-6,8-9,12,14,17H,7H2,1-3H3,(H,18,19)/t12-/m0/s1. The molecule has 0 aliphatic heterocycles. The van der Waals surface area contributed by atoms with Gasteiger partial charge in [-0.3, -0.25) is 4.79 Å². The number of sulfonamides is 1. The van der Waals surface area contributed by atoms with Gasteiger partial charge in [-0.15, -0.1) is 0 Å². The SMILES string of the molecule is CN[C@@H](CC(C)C)C(=O)NS(=O)(=O)c1cccc(OC(F)F)c1. The van der Waals surface area contributed by atoms with Crippen molar-refractivity contribution in [1.82, 2.24) is 10.0 Å². The number of rotatable bonds is 8. The van der Waals surface area contributed by atoms with Gasteiger partial charge in [-0.2, -0.15) is 8.78 Å². The van der Waals surface area contributed by atoms with Gasteiger partial charge >= 0.3 is 6.61 Å². The molecule has 0 spiro atoms. The predicted octanol–water partition coefficient (Wildman–Crippen LogP) is 1.73. The van der Waals surface area contributed by atoms with Crippen molar-refractivity contribution >= 4 is 15.9 Å². The number of hydrogen-bond acceptors (Lipinski definition) is 5. The van der Waals surface area contributed by atoms with Crippen molar-refractivity contribution in [3.8, 4) is 5.75 Å². The zero-order valence-electron chi connectivity index (χ0n) is 13.0. The molecule has 2 N–H and O–H groups in total. The van der Waals surface area contributed by atoms with Crippen LogP contribution in [0.2, 0.25) is 0 Å². The van der Waals surface area contributed by atoms with Crippen LogP contribution in [0, 0.1) is 5.92 Å². The number of likely N-dealkylation sites (N-methyl/N-ethyl adjacent to an activating group) is 1. The topological polar surface area (TPSA) is 84.5 Å². The van der Waals surface area contributed by atoms with Crippen molar-refractivity contribution in [3.63, 3.8) is 0 Å². The van der Waals surface area contributed by atoms with E-state index in [-0.39, 0.29) is 16.6 Å². The second kappa shape index (κ2) is 8.21. The molecule has 0 saturated carbocycles. The molecule has 0 unspecified atom stereocenters. The molecular formula is C14H20F2N2O4S. The highest BCUT2D eigenvalue weighted by Crippen LogP contribution is 2.19. The average molecular weight is 350 g/mol. The predicted molar refractivity (Wildman–Crippen MR) is 80.7 cm³/mol. The van der Waals surface area contributed by atoms with E-state index in [1.165, 1.54) is 18.2 Å². The zero-order chi connectivity index (χ0) is 17.6. The van der Waals surface area contributed by atoms with E-state index in [1.54, 1.807) is 7.05 Å². The minimum Gasteiger partial charge on any atom is -0.435 e. The maximum absolute atomic E-state index is 12.2. The Morgan fingerprint density at radius 2 is 1.96 bits per heavy atom. The number of nitrogens with one attached hydrogen (secondary N) is 2. The summed E-state index contributed by atoms with van der Waals surface area (Å²) >= 11 is 0. The third kappa shape index (κ3) is 6.11. The second-order valence-electron chi connectivity index (χ2n) is 5.29. The fraction of sp³-hybridized carbons (Fsp3) is 0.500. The van der Waals surface area contributed by atoms with Crippen LogP contribution >= 0.6 is 0 Å². The zero-order valence-corrected chi connectivity index (χ0v) is 13.9. The van der Waals surface area contributed by atoms with E-state index in [1.807, 2.05) is 18.6 Å². The van der Waals surface area contributed by atoms with Crippen LogP contribution in [0.3, 0.4) is 0 Å². The minimum absolute atomic E-state index is 0.184. The number of amides is 1. The Bertz CT molecular complexity index is 635. The summed E-state index contributed by atoms with van der Waals surface area (Å²) in [5, 5.41) is 2.74. The van der Waals surface area contributed by atoms with Gasteiger partial charge in [0.05, 0.1) is 10.9 Å². The molecule has 1 rings (SSSR count). The maximum atomic E-state index is 12.2. The highest BCUT2D eigenvalue weighted by molar-refractivity contribution is 7.90. The first kappa shape index (κ1) is 19.3. The van der Waals surface area contributed by atoms with Gasteiger partial charge < -0.3 is 10.1 Å². The quantitative estimate of drug-likeness (QED) is 0.746. The number of halogens is 2. The van der Waals surface area contributed by atoms with E-state index < -0.39 is 28.6 Å². The Kier molecular flexibility index (Phi) is 6.89. The molecule has 130 valence electrons. The van der Waals surface area contributed by atoms with E-state index >= 15 is 0 Å². The summed E-state index contributed by atoms with van der Waals surface area (Å²) in [6.07, 6.45) is 0.451. The molecule has 0 aliphatic rings. The molecule has 0 radical (unpaired) electrons. The Hall–Kier alpha value is -1.74. The lowest BCUT2D eigenvalue weighted by atomic mass is 10.0. The molecule has 1 atom stereocenters. The Balaban J connectivity index is 2.92. The van der Waals surface area contributed by atoms with Crippen molar-refractivity contribution in [2.24, 2.45) is 5.92 Å². The molecule has 0 aliphatic carbocycles. The fourth-order valence-electron chi connectivity index (χ4n) is 1.91. The van der Waals surface area contributed by atoms with Gasteiger partial charge in [0.15, 0.2) is 0 Å². The largest absolute Gasteiger partial charge is 0.435 e. The summed E-state index contributed by atoms with van der Waals surface area (Å²) in [5.41, 5.74) is 0. The highest BCUT2D eigenvalue weighted by Gasteiger charge is 2.24. The molecule has 9 heteroatoms. The Labute approximate surface area is 134 Å². The number of benzene rings is 1. The number of alkyl halides is 2. The molecule has 6 nitrogen and oxygen atoms in total. The van der Waals surface area contributed by atoms with Gasteiger partial charge in [0.2, 0.25) is 0 Å². The summed E-state index contributed by atoms with van der Waals surface area (Å²) < 4.78 is 54.8. The molecule has 0 bridgehead atoms. The van der Waals surface area contributed by atoms with Crippen LogP contribution in [0.4, 0.5) is 8.78 Å². The summed E-state index contributed by atoms with van der Waals surface area (Å²) in [7, 11) is -2.62. The van der Waals surface area contributed by atoms with Crippen LogP contribution in [-0.2, 0) is 14.8 Å². The van der Waals surface area contributed by atoms with Gasteiger partial charge in [0, 0.05) is 6.07 Å². The molecule has 1 amide bonds. The molecule has 23 heavy (non-hydrogen) atoms. The summed E-state index contributed by atoms with van der Waals surface area (Å²) in [6.45, 7) is 0.733. The van der Waals surface area contributed by atoms with Crippen molar-refractivity contribution < 1.29 is 26.7 Å². The van der Waals surface area contributed by atoms with E-state index in [2.05, 4.69) is 10.1 Å². The molecule has 0 saturated heterocycles. The van der Waals surface area contributed by atoms with Crippen molar-refractivity contribution in [3.05, 3.63) is 24.3 Å². The summed E-state index contributed by atoms with van der Waals surface area (Å²) in [4.78, 5) is 11.7. The smallest absolute Gasteiger partial charge is 0.387 e. The third-order valence-electron chi connectivity index (χ3n) is 2.95. The van der Waals surface area contributed by atoms with Gasteiger partial charge in [-0.1, -0.05) is 19.9 Å². The number of ether oxygens (including phenoxy) is 1. The Morgan fingerprint density at radius 1 is 1.30 bits per heavy atom. The molecule has 0 heterocycles. The molecule has 0 fully saturated rings. The normalized spacial score (nSPS) is 13.2. The summed E-state index contributed by atoms with van der Waals surface area (Å²) in [6, 6.07) is 3.89. The first-order valence-electron chi connectivity index (χ1n) is 6.94. The van der Waals surface area contributed by atoms with Gasteiger partial charge in [-0.25, -0.2) is 13.1 Å². The molecular weight excluding hydrogens is 330 g/mol. The van der Waals surface area contributed by atoms with E-state index in [0.717, 1.165) is 6.07 Å². The van der Waals surface area contributed by atoms with Gasteiger partial charge in [-0.05, 0) is 31.5 Å². The van der Waals surface area contributed by atoms with Gasteiger partial charge in [0.1, 0.15) is 5.75 Å². The Morgan fingerprint density at radius 3 is 2.48 bits per heavy atom. The molecule has 1 aromatic carbocycles. The monoisotopic (exact) mass is 350 g/mol. The molecule has 0 aromatic heterocycles. The van der Waals surface area contributed by atoms with Crippen LogP contribution in [0.1, 0.15) is 20.3 Å². The minimum atomic E-state index is -4.17. The van der Waals surface area contributed by atoms with Crippen molar-refractivity contribution in [2.75, 3.05) is 7.05 Å². The second-order valence-corrected chi connectivity index (χ2v) is 6.98. The van der Waals surface area contributed by atoms with Crippen molar-refractivity contribution in [1.29, 1.82) is 0 Å². The number of carbonyl (C=O) groups is 1. The number of hydrogen-bond donors (Lipinski definition) is 2. The lowest BCUT2D eigenvalue weighted by molar-refractivity contribution is -0.121. The van der Waals surface area contributed by atoms with Gasteiger partial charge in [0.25, 0.3) is 15.9 Å². The van der Waals surface area contributed by atoms with E-state index in [4.69, 9.17) is 0 Å². The van der Waals surface area contributed by atoms with E-state index in [0.29, 0.717) is 6.42 Å². The lowest BCUT2D eigenvalue weighted by Crippen LogP contribution is -2.45. The first-order chi connectivity index (χ1) is 10.7. The van der Waals surface area contributed by atoms with Crippen LogP contribution < -0.4 is 14.8 Å². The van der Waals surface area contributed by atoms with Crippen molar-refractivity contribution in [2.45, 2.75) is 37.8 Å². The number of carbonyl (C=O) groups excluding carboxylic acids is 1. The first-order valence-corrected chi connectivity index (χ1v) is 8.43. The fourth-order valence-corrected chi connectivity index (χ4v) is 2.96. The highest BCUT2D eigenvalue weighted by atomic mass is 32.2. The van der Waals surface area contributed by atoms with Crippen LogP contribution in [0.25, 0.3) is 0 Å². The third-order valence-corrected chi connectivity index (χ3v) is 4.29. The lowest BCUT2D eigenvalue weighted by Gasteiger charge is -2.18. The van der Waals surface area contributed by atoms with Crippen LogP contribution in [-0.4, -0.2) is 34.0 Å². The van der Waals surface area contributed by atoms with Crippen LogP contribution in [0.15, 0.2) is 29.2 Å². The maximum Gasteiger partial charge on any atom is 0.387 e. The van der Waals surface area contributed by atoms with Crippen LogP contribution in [0.5, 0.6) is 5.75 Å².